The van der Waals surface area contributed by atoms with Crippen molar-refractivity contribution in [3.05, 3.63) is 28.9 Å². The van der Waals surface area contributed by atoms with E-state index in [0.717, 1.165) is 28.9 Å². The number of aryl methyl sites for hydroxylation is 1. The highest BCUT2D eigenvalue weighted by atomic mass is 35.5. The highest BCUT2D eigenvalue weighted by Gasteiger charge is 2.23. The molecular formula is C13H14ClN3O. The lowest BCUT2D eigenvalue weighted by Crippen LogP contribution is -2.05. The average Bonchev–Trinajstić information content (AvgIpc) is 2.83. The number of ether oxygens (including phenoxy) is 1. The first-order chi connectivity index (χ1) is 8.56. The summed E-state index contributed by atoms with van der Waals surface area (Å²) in [5.41, 5.74) is 9.01. The van der Waals surface area contributed by atoms with Gasteiger partial charge >= 0.3 is 0 Å². The van der Waals surface area contributed by atoms with Crippen LogP contribution >= 0.6 is 11.6 Å². The summed E-state index contributed by atoms with van der Waals surface area (Å²) in [5.74, 6) is 1.44. The Balaban J connectivity index is 2.13. The zero-order valence-electron chi connectivity index (χ0n) is 10.3. The number of hydrogen-bond acceptors (Lipinski definition) is 3. The molecule has 2 N–H and O–H groups in total. The zero-order chi connectivity index (χ0) is 12.9. The molecule has 0 saturated heterocycles. The highest BCUT2D eigenvalue weighted by Crippen LogP contribution is 2.40. The number of nitrogens with two attached hydrogens (primary N) is 1. The molecule has 1 aromatic carbocycles. The molecule has 0 radical (unpaired) electrons. The number of halogens is 1. The number of anilines is 1. The third-order valence-electron chi connectivity index (χ3n) is 3.24. The van der Waals surface area contributed by atoms with E-state index in [1.165, 1.54) is 0 Å². The first kappa shape index (κ1) is 11.4. The van der Waals surface area contributed by atoms with Crippen molar-refractivity contribution < 1.29 is 4.74 Å². The van der Waals surface area contributed by atoms with Gasteiger partial charge in [-0.25, -0.2) is 0 Å². The van der Waals surface area contributed by atoms with Crippen LogP contribution in [0.3, 0.4) is 0 Å². The minimum atomic E-state index is 0.180. The molecule has 0 aliphatic carbocycles. The van der Waals surface area contributed by atoms with Gasteiger partial charge < -0.3 is 10.5 Å². The summed E-state index contributed by atoms with van der Waals surface area (Å²) in [6, 6.07) is 3.96. The third-order valence-corrected chi connectivity index (χ3v) is 3.52. The Labute approximate surface area is 110 Å². The molecule has 4 nitrogen and oxygen atoms in total. The van der Waals surface area contributed by atoms with Crippen molar-refractivity contribution in [2.24, 2.45) is 7.05 Å². The molecule has 5 heteroatoms. The van der Waals surface area contributed by atoms with Crippen LogP contribution in [0, 0.1) is 0 Å². The molecular weight excluding hydrogens is 250 g/mol. The van der Waals surface area contributed by atoms with Crippen LogP contribution in [0.15, 0.2) is 18.3 Å². The predicted octanol–water partition coefficient (Wildman–Crippen LogP) is 2.65. The van der Waals surface area contributed by atoms with Gasteiger partial charge in [0.2, 0.25) is 0 Å². The first-order valence-corrected chi connectivity index (χ1v) is 6.21. The van der Waals surface area contributed by atoms with Gasteiger partial charge in [0, 0.05) is 19.0 Å². The van der Waals surface area contributed by atoms with Crippen molar-refractivity contribution in [1.82, 2.24) is 9.78 Å². The lowest BCUT2D eigenvalue weighted by Gasteiger charge is -2.07. The molecule has 3 rings (SSSR count). The van der Waals surface area contributed by atoms with Gasteiger partial charge in [0.1, 0.15) is 17.7 Å². The van der Waals surface area contributed by atoms with Crippen LogP contribution in [0.5, 0.6) is 5.75 Å². The van der Waals surface area contributed by atoms with Crippen LogP contribution < -0.4 is 10.5 Å². The summed E-state index contributed by atoms with van der Waals surface area (Å²) in [6.07, 6.45) is 2.81. The van der Waals surface area contributed by atoms with Gasteiger partial charge in [0.15, 0.2) is 0 Å². The maximum atomic E-state index is 6.26. The molecule has 1 atom stereocenters. The minimum Gasteiger partial charge on any atom is -0.489 e. The summed E-state index contributed by atoms with van der Waals surface area (Å²) in [4.78, 5) is 0. The summed E-state index contributed by atoms with van der Waals surface area (Å²) < 4.78 is 7.33. The molecule has 0 spiro atoms. The fraction of sp³-hybridized carbons (Fsp3) is 0.308. The van der Waals surface area contributed by atoms with E-state index in [-0.39, 0.29) is 6.10 Å². The molecule has 0 amide bonds. The van der Waals surface area contributed by atoms with E-state index in [4.69, 9.17) is 22.1 Å². The Bertz CT molecular complexity index is 621. The van der Waals surface area contributed by atoms with Crippen molar-refractivity contribution in [3.8, 4) is 16.9 Å². The highest BCUT2D eigenvalue weighted by molar-refractivity contribution is 6.32. The molecule has 1 aliphatic rings. The second kappa shape index (κ2) is 3.92. The molecule has 2 heterocycles. The molecule has 94 valence electrons. The molecule has 0 fully saturated rings. The number of aromatic nitrogens is 2. The predicted molar refractivity (Wildman–Crippen MR) is 71.9 cm³/mol. The normalized spacial score (nSPS) is 17.6. The standard InChI is InChI=1S/C13H14ClN3O/c1-7-3-9-4-8(5-11(14)12(9)18-7)10-6-16-17(2)13(10)15/h4-7H,3,15H2,1-2H3. The number of benzene rings is 1. The third kappa shape index (κ3) is 1.64. The average molecular weight is 264 g/mol. The van der Waals surface area contributed by atoms with E-state index in [9.17, 15) is 0 Å². The Morgan fingerprint density at radius 3 is 2.94 bits per heavy atom. The monoisotopic (exact) mass is 263 g/mol. The Morgan fingerprint density at radius 2 is 2.28 bits per heavy atom. The van der Waals surface area contributed by atoms with Gasteiger partial charge in [-0.15, -0.1) is 0 Å². The summed E-state index contributed by atoms with van der Waals surface area (Å²) in [7, 11) is 1.82. The first-order valence-electron chi connectivity index (χ1n) is 5.83. The molecule has 18 heavy (non-hydrogen) atoms. The van der Waals surface area contributed by atoms with Crippen molar-refractivity contribution in [2.75, 3.05) is 5.73 Å². The van der Waals surface area contributed by atoms with Gasteiger partial charge in [0.25, 0.3) is 0 Å². The van der Waals surface area contributed by atoms with Crippen molar-refractivity contribution >= 4 is 17.4 Å². The smallest absolute Gasteiger partial charge is 0.141 e. The number of rotatable bonds is 1. The Kier molecular flexibility index (Phi) is 2.48. The molecule has 2 aromatic rings. The van der Waals surface area contributed by atoms with Crippen LogP contribution in [-0.4, -0.2) is 15.9 Å². The summed E-state index contributed by atoms with van der Waals surface area (Å²) in [6.45, 7) is 2.04. The Morgan fingerprint density at radius 1 is 1.50 bits per heavy atom. The fourth-order valence-corrected chi connectivity index (χ4v) is 2.59. The van der Waals surface area contributed by atoms with Crippen LogP contribution in [0.2, 0.25) is 5.02 Å². The van der Waals surface area contributed by atoms with Crippen molar-refractivity contribution in [1.29, 1.82) is 0 Å². The maximum absolute atomic E-state index is 6.26. The van der Waals surface area contributed by atoms with E-state index in [1.54, 1.807) is 10.9 Å². The lowest BCUT2D eigenvalue weighted by molar-refractivity contribution is 0.255. The van der Waals surface area contributed by atoms with Crippen LogP contribution in [0.4, 0.5) is 5.82 Å². The van der Waals surface area contributed by atoms with Gasteiger partial charge in [-0.3, -0.25) is 4.68 Å². The SMILES string of the molecule is CC1Cc2cc(-c3cnn(C)c3N)cc(Cl)c2O1. The number of hydrogen-bond donors (Lipinski definition) is 1. The van der Waals surface area contributed by atoms with E-state index in [2.05, 4.69) is 11.2 Å². The molecule has 0 bridgehead atoms. The minimum absolute atomic E-state index is 0.180. The van der Waals surface area contributed by atoms with Crippen molar-refractivity contribution in [3.63, 3.8) is 0 Å². The second-order valence-corrected chi connectivity index (χ2v) is 5.05. The summed E-state index contributed by atoms with van der Waals surface area (Å²) >= 11 is 6.26. The maximum Gasteiger partial charge on any atom is 0.141 e. The number of fused-ring (bicyclic) bond motifs is 1. The second-order valence-electron chi connectivity index (χ2n) is 4.65. The van der Waals surface area contributed by atoms with Crippen LogP contribution in [0.1, 0.15) is 12.5 Å². The quantitative estimate of drug-likeness (QED) is 0.861. The van der Waals surface area contributed by atoms with E-state index >= 15 is 0 Å². The largest absolute Gasteiger partial charge is 0.489 e. The van der Waals surface area contributed by atoms with E-state index in [0.29, 0.717) is 10.8 Å². The van der Waals surface area contributed by atoms with E-state index < -0.39 is 0 Å². The van der Waals surface area contributed by atoms with Gasteiger partial charge in [-0.05, 0) is 30.2 Å². The molecule has 1 aromatic heterocycles. The van der Waals surface area contributed by atoms with Gasteiger partial charge in [0.05, 0.1) is 11.2 Å². The zero-order valence-corrected chi connectivity index (χ0v) is 11.0. The van der Waals surface area contributed by atoms with E-state index in [1.807, 2.05) is 20.0 Å². The number of nitrogen functional groups attached to an aromatic ring is 1. The number of nitrogens with zero attached hydrogens (tertiary/aromatic N) is 2. The van der Waals surface area contributed by atoms with Crippen LogP contribution in [0.25, 0.3) is 11.1 Å². The molecule has 0 saturated carbocycles. The van der Waals surface area contributed by atoms with Crippen molar-refractivity contribution in [2.45, 2.75) is 19.4 Å². The van der Waals surface area contributed by atoms with Crippen LogP contribution in [-0.2, 0) is 13.5 Å². The fourth-order valence-electron chi connectivity index (χ4n) is 2.31. The summed E-state index contributed by atoms with van der Waals surface area (Å²) in [5, 5.41) is 4.78. The molecule has 1 aliphatic heterocycles. The topological polar surface area (TPSA) is 53.1 Å². The molecule has 1 unspecified atom stereocenters. The Hall–Kier alpha value is -1.68. The van der Waals surface area contributed by atoms with Gasteiger partial charge in [-0.2, -0.15) is 5.10 Å². The lowest BCUT2D eigenvalue weighted by atomic mass is 10.0. The van der Waals surface area contributed by atoms with Gasteiger partial charge in [-0.1, -0.05) is 11.6 Å².